The van der Waals surface area contributed by atoms with Crippen molar-refractivity contribution in [2.75, 3.05) is 0 Å². The lowest BCUT2D eigenvalue weighted by Gasteiger charge is -2.58. The van der Waals surface area contributed by atoms with Crippen molar-refractivity contribution in [3.8, 4) is 0 Å². The summed E-state index contributed by atoms with van der Waals surface area (Å²) in [4.78, 5) is 23.2. The van der Waals surface area contributed by atoms with Crippen LogP contribution in [0.3, 0.4) is 0 Å². The van der Waals surface area contributed by atoms with Crippen molar-refractivity contribution in [3.63, 3.8) is 0 Å². The van der Waals surface area contributed by atoms with Gasteiger partial charge < -0.3 is 5.11 Å². The zero-order valence-electron chi connectivity index (χ0n) is 19.6. The Balaban J connectivity index is 1.44. The summed E-state index contributed by atoms with van der Waals surface area (Å²) >= 11 is 0. The molecule has 0 aliphatic heterocycles. The summed E-state index contributed by atoms with van der Waals surface area (Å²) in [5.41, 5.74) is 2.20. The zero-order chi connectivity index (χ0) is 21.7. The molecular weight excluding hydrogens is 372 g/mol. The van der Waals surface area contributed by atoms with E-state index < -0.39 is 5.97 Å². The Bertz CT molecular complexity index is 724. The SMILES string of the molecule is C[C@H](CCC[C@@H](C)[C@H]1CC[C@H]2[C@@H]3CCC4=CC(=O)CC[C@]4(C)[C@H]3CC[C@]12C)C(=O)O. The topological polar surface area (TPSA) is 54.4 Å². The third-order valence-corrected chi connectivity index (χ3v) is 10.4. The first-order chi connectivity index (χ1) is 14.2. The van der Waals surface area contributed by atoms with Crippen molar-refractivity contribution in [2.24, 2.45) is 46.3 Å². The summed E-state index contributed by atoms with van der Waals surface area (Å²) in [7, 11) is 0. The van der Waals surface area contributed by atoms with Crippen molar-refractivity contribution in [1.29, 1.82) is 0 Å². The molecule has 0 aromatic heterocycles. The fraction of sp³-hybridized carbons (Fsp3) is 0.852. The second kappa shape index (κ2) is 8.10. The molecule has 0 unspecified atom stereocenters. The normalized spacial score (nSPS) is 42.5. The molecule has 0 aromatic carbocycles. The van der Waals surface area contributed by atoms with E-state index in [1.165, 1.54) is 44.1 Å². The first kappa shape index (κ1) is 22.1. The van der Waals surface area contributed by atoms with Gasteiger partial charge in [-0.3, -0.25) is 9.59 Å². The Morgan fingerprint density at radius 2 is 1.83 bits per heavy atom. The number of allylic oxidation sites excluding steroid dienone is 1. The summed E-state index contributed by atoms with van der Waals surface area (Å²) in [6.07, 6.45) is 14.7. The monoisotopic (exact) mass is 414 g/mol. The van der Waals surface area contributed by atoms with E-state index in [1.54, 1.807) is 0 Å². The third kappa shape index (κ3) is 3.58. The fourth-order valence-electron chi connectivity index (χ4n) is 8.61. The van der Waals surface area contributed by atoms with Crippen molar-refractivity contribution in [3.05, 3.63) is 11.6 Å². The molecule has 0 radical (unpaired) electrons. The standard InChI is InChI=1S/C27H42O3/c1-17(6-5-7-18(2)25(29)30)22-10-11-23-21-9-8-19-16-20(28)12-14-26(19,3)24(21)13-15-27(22,23)4/h16-18,21-24H,5-15H2,1-4H3,(H,29,30)/t17-,18-,21+,22-,23+,24+,26+,27-/m1/s1. The number of rotatable bonds is 6. The Morgan fingerprint density at radius 3 is 2.57 bits per heavy atom. The summed E-state index contributed by atoms with van der Waals surface area (Å²) in [5.74, 6) is 3.43. The number of carbonyl (C=O) groups excluding carboxylic acids is 1. The number of carboxylic acid groups (broad SMARTS) is 1. The van der Waals surface area contributed by atoms with Gasteiger partial charge in [0.25, 0.3) is 0 Å². The first-order valence-electron chi connectivity index (χ1n) is 12.6. The molecule has 0 spiro atoms. The van der Waals surface area contributed by atoms with Gasteiger partial charge in [0.1, 0.15) is 0 Å². The molecule has 30 heavy (non-hydrogen) atoms. The molecule has 8 atom stereocenters. The van der Waals surface area contributed by atoms with E-state index in [-0.39, 0.29) is 11.3 Å². The minimum Gasteiger partial charge on any atom is -0.481 e. The van der Waals surface area contributed by atoms with Gasteiger partial charge in [-0.15, -0.1) is 0 Å². The molecule has 3 fully saturated rings. The smallest absolute Gasteiger partial charge is 0.306 e. The minimum atomic E-state index is -0.655. The van der Waals surface area contributed by atoms with Gasteiger partial charge in [0.2, 0.25) is 0 Å². The van der Waals surface area contributed by atoms with Gasteiger partial charge in [0, 0.05) is 6.42 Å². The number of hydrogen-bond acceptors (Lipinski definition) is 2. The van der Waals surface area contributed by atoms with Gasteiger partial charge in [-0.1, -0.05) is 46.1 Å². The van der Waals surface area contributed by atoms with Crippen LogP contribution in [0, 0.1) is 46.3 Å². The van der Waals surface area contributed by atoms with Crippen LogP contribution in [0.15, 0.2) is 11.6 Å². The molecule has 3 saturated carbocycles. The Morgan fingerprint density at radius 1 is 1.07 bits per heavy atom. The van der Waals surface area contributed by atoms with Crippen LogP contribution < -0.4 is 0 Å². The van der Waals surface area contributed by atoms with Crippen LogP contribution >= 0.6 is 0 Å². The van der Waals surface area contributed by atoms with Crippen LogP contribution in [0.5, 0.6) is 0 Å². The molecule has 3 nitrogen and oxygen atoms in total. The van der Waals surface area contributed by atoms with Crippen LogP contribution in [0.1, 0.15) is 98.3 Å². The molecule has 4 rings (SSSR count). The minimum absolute atomic E-state index is 0.216. The van der Waals surface area contributed by atoms with Gasteiger partial charge in [-0.05, 0) is 97.9 Å². The number of carboxylic acids is 1. The van der Waals surface area contributed by atoms with Crippen molar-refractivity contribution in [2.45, 2.75) is 98.3 Å². The predicted octanol–water partition coefficient (Wildman–Crippen LogP) is 6.66. The molecule has 0 bridgehead atoms. The number of carbonyl (C=O) groups is 2. The maximum absolute atomic E-state index is 12.0. The highest BCUT2D eigenvalue weighted by molar-refractivity contribution is 5.91. The fourth-order valence-corrected chi connectivity index (χ4v) is 8.61. The number of fused-ring (bicyclic) bond motifs is 5. The largest absolute Gasteiger partial charge is 0.481 e. The Hall–Kier alpha value is -1.12. The second-order valence-electron chi connectivity index (χ2n) is 11.8. The lowest BCUT2D eigenvalue weighted by Crippen LogP contribution is -2.50. The van der Waals surface area contributed by atoms with E-state index in [4.69, 9.17) is 5.11 Å². The van der Waals surface area contributed by atoms with Crippen molar-refractivity contribution in [1.82, 2.24) is 0 Å². The van der Waals surface area contributed by atoms with E-state index in [1.807, 2.05) is 13.0 Å². The number of hydrogen-bond donors (Lipinski definition) is 1. The summed E-state index contributed by atoms with van der Waals surface area (Å²) < 4.78 is 0. The van der Waals surface area contributed by atoms with Gasteiger partial charge in [0.15, 0.2) is 5.78 Å². The van der Waals surface area contributed by atoms with Crippen LogP contribution in [-0.2, 0) is 9.59 Å². The maximum atomic E-state index is 12.0. The highest BCUT2D eigenvalue weighted by Gasteiger charge is 2.59. The zero-order valence-corrected chi connectivity index (χ0v) is 19.6. The second-order valence-corrected chi connectivity index (χ2v) is 11.8. The highest BCUT2D eigenvalue weighted by Crippen LogP contribution is 2.67. The molecule has 1 N–H and O–H groups in total. The lowest BCUT2D eigenvalue weighted by molar-refractivity contribution is -0.141. The van der Waals surface area contributed by atoms with Crippen LogP contribution in [0.25, 0.3) is 0 Å². The van der Waals surface area contributed by atoms with E-state index in [0.29, 0.717) is 17.1 Å². The Labute approximate surface area is 183 Å². The molecule has 0 saturated heterocycles. The van der Waals surface area contributed by atoms with E-state index in [9.17, 15) is 9.59 Å². The number of aliphatic carboxylic acids is 1. The molecule has 4 aliphatic rings. The molecule has 4 aliphatic carbocycles. The van der Waals surface area contributed by atoms with E-state index >= 15 is 0 Å². The first-order valence-corrected chi connectivity index (χ1v) is 12.6. The molecule has 3 heteroatoms. The van der Waals surface area contributed by atoms with Crippen LogP contribution in [0.2, 0.25) is 0 Å². The summed E-state index contributed by atoms with van der Waals surface area (Å²) in [6.45, 7) is 9.35. The molecule has 0 amide bonds. The molecule has 0 heterocycles. The Kier molecular flexibility index (Phi) is 5.96. The molecule has 0 aromatic rings. The van der Waals surface area contributed by atoms with Crippen molar-refractivity contribution >= 4 is 11.8 Å². The van der Waals surface area contributed by atoms with Gasteiger partial charge in [-0.25, -0.2) is 0 Å². The molecule has 168 valence electrons. The average molecular weight is 415 g/mol. The van der Waals surface area contributed by atoms with E-state index in [0.717, 1.165) is 55.8 Å². The van der Waals surface area contributed by atoms with E-state index in [2.05, 4.69) is 20.8 Å². The quantitative estimate of drug-likeness (QED) is 0.528. The molecular formula is C27H42O3. The van der Waals surface area contributed by atoms with Gasteiger partial charge >= 0.3 is 5.97 Å². The third-order valence-electron chi connectivity index (χ3n) is 10.4. The predicted molar refractivity (Wildman–Crippen MR) is 120 cm³/mol. The summed E-state index contributed by atoms with van der Waals surface area (Å²) in [5, 5.41) is 9.16. The lowest BCUT2D eigenvalue weighted by atomic mass is 9.46. The van der Waals surface area contributed by atoms with Crippen molar-refractivity contribution < 1.29 is 14.7 Å². The van der Waals surface area contributed by atoms with Crippen LogP contribution in [0.4, 0.5) is 0 Å². The average Bonchev–Trinajstić information content (AvgIpc) is 3.05. The summed E-state index contributed by atoms with van der Waals surface area (Å²) in [6, 6.07) is 0. The maximum Gasteiger partial charge on any atom is 0.306 e. The van der Waals surface area contributed by atoms with Crippen LogP contribution in [-0.4, -0.2) is 16.9 Å². The highest BCUT2D eigenvalue weighted by atomic mass is 16.4. The van der Waals surface area contributed by atoms with Gasteiger partial charge in [0.05, 0.1) is 5.92 Å². The van der Waals surface area contributed by atoms with Gasteiger partial charge in [-0.2, -0.15) is 0 Å². The number of ketones is 1.